The molecule has 1 aromatic rings. The van der Waals surface area contributed by atoms with Gasteiger partial charge in [0, 0.05) is 16.9 Å². The standard InChI is InChI=1S/C6H4BrNO2.2ClH/c7-5-1-4(6(9)10)2-8-3-5;;/h1-3H,(H,9,10);2*1H. The molecule has 3 nitrogen and oxygen atoms in total. The van der Waals surface area contributed by atoms with Gasteiger partial charge in [0.2, 0.25) is 0 Å². The number of halogens is 3. The molecular weight excluding hydrogens is 269 g/mol. The summed E-state index contributed by atoms with van der Waals surface area (Å²) in [6.07, 6.45) is 2.83. The quantitative estimate of drug-likeness (QED) is 0.856. The minimum atomic E-state index is -0.964. The maximum Gasteiger partial charge on any atom is 0.337 e. The summed E-state index contributed by atoms with van der Waals surface area (Å²) in [7, 11) is 0. The molecule has 1 N–H and O–H groups in total. The molecule has 1 aromatic heterocycles. The Balaban J connectivity index is 0. The largest absolute Gasteiger partial charge is 0.478 e. The number of aromatic nitrogens is 1. The zero-order valence-electron chi connectivity index (χ0n) is 5.73. The van der Waals surface area contributed by atoms with Crippen molar-refractivity contribution in [3.8, 4) is 0 Å². The fraction of sp³-hybridized carbons (Fsp3) is 0. The Morgan fingerprint density at radius 1 is 1.42 bits per heavy atom. The first-order valence-electron chi connectivity index (χ1n) is 2.54. The Kier molecular flexibility index (Phi) is 7.37. The third-order valence-electron chi connectivity index (χ3n) is 0.952. The smallest absolute Gasteiger partial charge is 0.337 e. The molecule has 0 aliphatic heterocycles. The molecule has 0 saturated carbocycles. The SMILES string of the molecule is Cl.Cl.O=C(O)c1cncc(Br)c1. The number of rotatable bonds is 1. The van der Waals surface area contributed by atoms with Crippen molar-refractivity contribution in [3.63, 3.8) is 0 Å². The Bertz CT molecular complexity index is 269. The van der Waals surface area contributed by atoms with Crippen LogP contribution in [0.1, 0.15) is 10.4 Å². The molecule has 6 heteroatoms. The molecule has 0 radical (unpaired) electrons. The van der Waals surface area contributed by atoms with E-state index in [0.717, 1.165) is 0 Å². The zero-order valence-corrected chi connectivity index (χ0v) is 8.95. The van der Waals surface area contributed by atoms with Crippen molar-refractivity contribution in [2.24, 2.45) is 0 Å². The first-order chi connectivity index (χ1) is 4.70. The van der Waals surface area contributed by atoms with Gasteiger partial charge in [-0.05, 0) is 22.0 Å². The molecule has 0 aliphatic rings. The van der Waals surface area contributed by atoms with E-state index < -0.39 is 5.97 Å². The summed E-state index contributed by atoms with van der Waals surface area (Å²) in [6, 6.07) is 1.50. The van der Waals surface area contributed by atoms with E-state index in [2.05, 4.69) is 20.9 Å². The van der Waals surface area contributed by atoms with Gasteiger partial charge >= 0.3 is 5.97 Å². The maximum absolute atomic E-state index is 10.3. The Morgan fingerprint density at radius 2 is 2.00 bits per heavy atom. The highest BCUT2D eigenvalue weighted by atomic mass is 79.9. The number of hydrogen-bond donors (Lipinski definition) is 1. The van der Waals surface area contributed by atoms with Crippen molar-refractivity contribution in [2.45, 2.75) is 0 Å². The number of nitrogens with zero attached hydrogens (tertiary/aromatic N) is 1. The van der Waals surface area contributed by atoms with E-state index in [1.54, 1.807) is 0 Å². The van der Waals surface area contributed by atoms with E-state index in [-0.39, 0.29) is 30.4 Å². The summed E-state index contributed by atoms with van der Waals surface area (Å²) in [6.45, 7) is 0. The molecule has 0 aromatic carbocycles. The van der Waals surface area contributed by atoms with Crippen molar-refractivity contribution < 1.29 is 9.90 Å². The molecule has 68 valence electrons. The Labute approximate surface area is 90.1 Å². The van der Waals surface area contributed by atoms with E-state index in [4.69, 9.17) is 5.11 Å². The zero-order chi connectivity index (χ0) is 7.56. The normalized spacial score (nSPS) is 7.75. The molecule has 1 heterocycles. The summed E-state index contributed by atoms with van der Waals surface area (Å²) in [5, 5.41) is 8.45. The lowest BCUT2D eigenvalue weighted by Crippen LogP contribution is -1.95. The topological polar surface area (TPSA) is 50.2 Å². The van der Waals surface area contributed by atoms with Crippen LogP contribution in [0.3, 0.4) is 0 Å². The number of carbonyl (C=O) groups is 1. The average molecular weight is 275 g/mol. The summed E-state index contributed by atoms with van der Waals surface area (Å²) < 4.78 is 0.674. The monoisotopic (exact) mass is 273 g/mol. The predicted molar refractivity (Wildman–Crippen MR) is 53.4 cm³/mol. The highest BCUT2D eigenvalue weighted by Crippen LogP contribution is 2.08. The van der Waals surface area contributed by atoms with Crippen LogP contribution in [0, 0.1) is 0 Å². The van der Waals surface area contributed by atoms with Crippen LogP contribution >= 0.6 is 40.7 Å². The lowest BCUT2D eigenvalue weighted by atomic mass is 10.3. The van der Waals surface area contributed by atoms with Gasteiger partial charge in [-0.25, -0.2) is 4.79 Å². The van der Waals surface area contributed by atoms with E-state index >= 15 is 0 Å². The summed E-state index contributed by atoms with van der Waals surface area (Å²) in [5.74, 6) is -0.964. The van der Waals surface area contributed by atoms with Crippen LogP contribution in [-0.4, -0.2) is 16.1 Å². The molecule has 0 fully saturated rings. The maximum atomic E-state index is 10.3. The third-order valence-corrected chi connectivity index (χ3v) is 1.39. The van der Waals surface area contributed by atoms with E-state index in [9.17, 15) is 4.79 Å². The first kappa shape index (κ1) is 14.2. The number of aromatic carboxylic acids is 1. The second-order valence-electron chi connectivity index (χ2n) is 1.70. The molecule has 0 aliphatic carbocycles. The van der Waals surface area contributed by atoms with Crippen LogP contribution in [0.5, 0.6) is 0 Å². The van der Waals surface area contributed by atoms with Gasteiger partial charge < -0.3 is 5.11 Å². The van der Waals surface area contributed by atoms with Gasteiger partial charge in [-0.3, -0.25) is 4.98 Å². The van der Waals surface area contributed by atoms with Gasteiger partial charge in [0.25, 0.3) is 0 Å². The van der Waals surface area contributed by atoms with Crippen molar-refractivity contribution in [1.82, 2.24) is 4.98 Å². The molecule has 0 unspecified atom stereocenters. The van der Waals surface area contributed by atoms with E-state index in [1.807, 2.05) is 0 Å². The van der Waals surface area contributed by atoms with Gasteiger partial charge in [0.05, 0.1) is 5.56 Å². The lowest BCUT2D eigenvalue weighted by molar-refractivity contribution is 0.0696. The number of carboxylic acid groups (broad SMARTS) is 1. The molecule has 1 rings (SSSR count). The van der Waals surface area contributed by atoms with Crippen LogP contribution in [0.4, 0.5) is 0 Å². The van der Waals surface area contributed by atoms with E-state index in [0.29, 0.717) is 4.47 Å². The van der Waals surface area contributed by atoms with Crippen LogP contribution < -0.4 is 0 Å². The van der Waals surface area contributed by atoms with E-state index in [1.165, 1.54) is 18.5 Å². The van der Waals surface area contributed by atoms with Gasteiger partial charge in [0.1, 0.15) is 0 Å². The Hall–Kier alpha value is -0.320. The van der Waals surface area contributed by atoms with Gasteiger partial charge in [-0.15, -0.1) is 24.8 Å². The molecule has 12 heavy (non-hydrogen) atoms. The number of carboxylic acids is 1. The lowest BCUT2D eigenvalue weighted by Gasteiger charge is -1.91. The van der Waals surface area contributed by atoms with Crippen LogP contribution in [0.2, 0.25) is 0 Å². The van der Waals surface area contributed by atoms with Crippen LogP contribution in [-0.2, 0) is 0 Å². The van der Waals surface area contributed by atoms with Gasteiger partial charge in [0.15, 0.2) is 0 Å². The molecule has 0 bridgehead atoms. The molecule has 0 atom stereocenters. The van der Waals surface area contributed by atoms with Crippen LogP contribution in [0.25, 0.3) is 0 Å². The fourth-order valence-electron chi connectivity index (χ4n) is 0.529. The summed E-state index contributed by atoms with van der Waals surface area (Å²) >= 11 is 3.10. The second-order valence-corrected chi connectivity index (χ2v) is 2.61. The highest BCUT2D eigenvalue weighted by Gasteiger charge is 2.01. The number of hydrogen-bond acceptors (Lipinski definition) is 2. The average Bonchev–Trinajstić information content (AvgIpc) is 1.88. The van der Waals surface area contributed by atoms with Crippen molar-refractivity contribution in [1.29, 1.82) is 0 Å². The third kappa shape index (κ3) is 3.90. The predicted octanol–water partition coefficient (Wildman–Crippen LogP) is 2.39. The van der Waals surface area contributed by atoms with Crippen molar-refractivity contribution >= 4 is 46.7 Å². The Morgan fingerprint density at radius 3 is 2.33 bits per heavy atom. The summed E-state index contributed by atoms with van der Waals surface area (Å²) in [4.78, 5) is 14.0. The van der Waals surface area contributed by atoms with Crippen LogP contribution in [0.15, 0.2) is 22.9 Å². The minimum absolute atomic E-state index is 0. The molecular formula is C6H6BrCl2NO2. The highest BCUT2D eigenvalue weighted by molar-refractivity contribution is 9.10. The minimum Gasteiger partial charge on any atom is -0.478 e. The first-order valence-corrected chi connectivity index (χ1v) is 3.33. The number of pyridine rings is 1. The van der Waals surface area contributed by atoms with Gasteiger partial charge in [-0.2, -0.15) is 0 Å². The van der Waals surface area contributed by atoms with Crippen molar-refractivity contribution in [2.75, 3.05) is 0 Å². The van der Waals surface area contributed by atoms with Gasteiger partial charge in [-0.1, -0.05) is 0 Å². The summed E-state index contributed by atoms with van der Waals surface area (Å²) in [5.41, 5.74) is 0.189. The second kappa shape index (κ2) is 6.22. The molecule has 0 spiro atoms. The molecule has 0 amide bonds. The fourth-order valence-corrected chi connectivity index (χ4v) is 0.894. The molecule has 0 saturated heterocycles. The van der Waals surface area contributed by atoms with Crippen molar-refractivity contribution in [3.05, 3.63) is 28.5 Å².